The molecule has 0 aliphatic heterocycles. The molecule has 15 heavy (non-hydrogen) atoms. The minimum Gasteiger partial charge on any atom is -0.381 e. The van der Waals surface area contributed by atoms with Gasteiger partial charge in [0.05, 0.1) is 5.69 Å². The molecule has 0 spiro atoms. The molecule has 0 unspecified atom stereocenters. The predicted molar refractivity (Wildman–Crippen MR) is 64.0 cm³/mol. The van der Waals surface area contributed by atoms with E-state index in [1.54, 1.807) is 0 Å². The van der Waals surface area contributed by atoms with Crippen molar-refractivity contribution in [2.75, 3.05) is 17.2 Å². The van der Waals surface area contributed by atoms with Crippen LogP contribution in [0.4, 0.5) is 5.82 Å². The molecule has 2 rings (SSSR count). The van der Waals surface area contributed by atoms with Crippen molar-refractivity contribution in [3.05, 3.63) is 5.69 Å². The molecule has 1 aliphatic carbocycles. The third kappa shape index (κ3) is 2.65. The van der Waals surface area contributed by atoms with Crippen LogP contribution >= 0.6 is 11.8 Å². The summed E-state index contributed by atoms with van der Waals surface area (Å²) in [5.74, 6) is 3.66. The topological polar surface area (TPSA) is 56.7 Å². The third-order valence-electron chi connectivity index (χ3n) is 2.63. The van der Waals surface area contributed by atoms with Crippen LogP contribution in [-0.4, -0.2) is 26.5 Å². The van der Waals surface area contributed by atoms with Crippen molar-refractivity contribution in [3.8, 4) is 0 Å². The Morgan fingerprint density at radius 1 is 1.53 bits per heavy atom. The first-order chi connectivity index (χ1) is 7.33. The first-order valence-electron chi connectivity index (χ1n) is 5.59. The molecular weight excluding hydrogens is 208 g/mol. The van der Waals surface area contributed by atoms with E-state index in [2.05, 4.69) is 17.2 Å². The lowest BCUT2D eigenvalue weighted by atomic mass is 10.3. The van der Waals surface area contributed by atoms with Crippen molar-refractivity contribution in [1.29, 1.82) is 0 Å². The third-order valence-corrected chi connectivity index (χ3v) is 3.61. The highest BCUT2D eigenvalue weighted by molar-refractivity contribution is 7.99. The fourth-order valence-corrected chi connectivity index (χ4v) is 2.36. The zero-order valence-electron chi connectivity index (χ0n) is 9.15. The highest BCUT2D eigenvalue weighted by atomic mass is 32.2. The molecule has 1 fully saturated rings. The number of rotatable bonds is 6. The molecule has 1 aromatic heterocycles. The fourth-order valence-electron chi connectivity index (χ4n) is 1.74. The number of hydrogen-bond acceptors (Lipinski definition) is 4. The minimum absolute atomic E-state index is 0.638. The summed E-state index contributed by atoms with van der Waals surface area (Å²) >= 11 is 1.97. The van der Waals surface area contributed by atoms with E-state index in [0.717, 1.165) is 13.0 Å². The number of nitrogens with two attached hydrogens (primary N) is 1. The number of aromatic nitrogens is 3. The Kier molecular flexibility index (Phi) is 3.51. The van der Waals surface area contributed by atoms with Crippen LogP contribution in [0.1, 0.15) is 37.8 Å². The number of aryl methyl sites for hydroxylation is 1. The van der Waals surface area contributed by atoms with Gasteiger partial charge in [-0.15, -0.1) is 5.10 Å². The van der Waals surface area contributed by atoms with Gasteiger partial charge in [0.1, 0.15) is 0 Å². The molecule has 0 radical (unpaired) electrons. The van der Waals surface area contributed by atoms with Crippen molar-refractivity contribution >= 4 is 17.6 Å². The second-order valence-corrected chi connectivity index (χ2v) is 5.30. The van der Waals surface area contributed by atoms with Crippen molar-refractivity contribution < 1.29 is 0 Å². The van der Waals surface area contributed by atoms with Gasteiger partial charge in [0.2, 0.25) is 0 Å². The summed E-state index contributed by atoms with van der Waals surface area (Å²) in [6.07, 6.45) is 3.66. The second kappa shape index (κ2) is 4.88. The number of anilines is 1. The maximum Gasteiger partial charge on any atom is 0.169 e. The van der Waals surface area contributed by atoms with Crippen LogP contribution in [0.25, 0.3) is 0 Å². The van der Waals surface area contributed by atoms with Crippen LogP contribution in [0.2, 0.25) is 0 Å². The number of hydrogen-bond donors (Lipinski definition) is 1. The number of nitrogens with zero attached hydrogens (tertiary/aromatic N) is 3. The normalized spacial score (nSPS) is 15.8. The molecule has 0 atom stereocenters. The van der Waals surface area contributed by atoms with Gasteiger partial charge < -0.3 is 5.73 Å². The van der Waals surface area contributed by atoms with E-state index in [-0.39, 0.29) is 0 Å². The molecule has 2 N–H and O–H groups in total. The van der Waals surface area contributed by atoms with E-state index in [4.69, 9.17) is 5.73 Å². The Hall–Kier alpha value is -0.710. The summed E-state index contributed by atoms with van der Waals surface area (Å²) in [4.78, 5) is 0. The van der Waals surface area contributed by atoms with Gasteiger partial charge in [-0.2, -0.15) is 11.8 Å². The predicted octanol–water partition coefficient (Wildman–Crippen LogP) is 1.88. The summed E-state index contributed by atoms with van der Waals surface area (Å²) in [6, 6.07) is 0. The Labute approximate surface area is 94.6 Å². The smallest absolute Gasteiger partial charge is 0.169 e. The van der Waals surface area contributed by atoms with Crippen LogP contribution in [0.5, 0.6) is 0 Å². The molecule has 1 saturated carbocycles. The van der Waals surface area contributed by atoms with Crippen molar-refractivity contribution in [3.63, 3.8) is 0 Å². The summed E-state index contributed by atoms with van der Waals surface area (Å²) in [7, 11) is 0. The maximum absolute atomic E-state index is 5.81. The summed E-state index contributed by atoms with van der Waals surface area (Å²) in [5, 5.41) is 8.07. The summed E-state index contributed by atoms with van der Waals surface area (Å²) in [5.41, 5.74) is 6.99. The molecule has 4 nitrogen and oxygen atoms in total. The van der Waals surface area contributed by atoms with Crippen LogP contribution < -0.4 is 5.73 Å². The zero-order valence-corrected chi connectivity index (χ0v) is 9.96. The standard InChI is InChI=1S/C10H18N4S/c1-2-15-7-3-6-14-9(8-4-5-8)10(11)12-13-14/h8H,2-7,11H2,1H3. The Morgan fingerprint density at radius 2 is 2.33 bits per heavy atom. The zero-order chi connectivity index (χ0) is 10.7. The van der Waals surface area contributed by atoms with E-state index in [9.17, 15) is 0 Å². The van der Waals surface area contributed by atoms with E-state index in [1.807, 2.05) is 16.4 Å². The first kappa shape index (κ1) is 10.8. The SMILES string of the molecule is CCSCCCn1nnc(N)c1C1CC1. The molecule has 0 amide bonds. The maximum atomic E-state index is 5.81. The lowest BCUT2D eigenvalue weighted by Crippen LogP contribution is -2.06. The van der Waals surface area contributed by atoms with Gasteiger partial charge >= 0.3 is 0 Å². The van der Waals surface area contributed by atoms with E-state index in [0.29, 0.717) is 11.7 Å². The molecule has 5 heteroatoms. The van der Waals surface area contributed by atoms with Crippen molar-refractivity contribution in [1.82, 2.24) is 15.0 Å². The van der Waals surface area contributed by atoms with Gasteiger partial charge in [0.15, 0.2) is 5.82 Å². The summed E-state index contributed by atoms with van der Waals surface area (Å²) in [6.45, 7) is 3.15. The molecule has 1 heterocycles. The highest BCUT2D eigenvalue weighted by Gasteiger charge is 2.30. The van der Waals surface area contributed by atoms with E-state index in [1.165, 1.54) is 30.0 Å². The molecule has 1 aliphatic rings. The summed E-state index contributed by atoms with van der Waals surface area (Å²) < 4.78 is 2.00. The lowest BCUT2D eigenvalue weighted by molar-refractivity contribution is 0.558. The molecule has 1 aromatic rings. The van der Waals surface area contributed by atoms with Crippen LogP contribution in [-0.2, 0) is 6.54 Å². The van der Waals surface area contributed by atoms with Gasteiger partial charge in [-0.3, -0.25) is 0 Å². The Morgan fingerprint density at radius 3 is 3.00 bits per heavy atom. The largest absolute Gasteiger partial charge is 0.381 e. The van der Waals surface area contributed by atoms with Gasteiger partial charge in [-0.05, 0) is 30.8 Å². The Bertz CT molecular complexity index is 319. The minimum atomic E-state index is 0.638. The Balaban J connectivity index is 1.90. The van der Waals surface area contributed by atoms with Gasteiger partial charge in [-0.25, -0.2) is 4.68 Å². The highest BCUT2D eigenvalue weighted by Crippen LogP contribution is 2.41. The molecule has 0 aromatic carbocycles. The molecule has 84 valence electrons. The second-order valence-electron chi connectivity index (χ2n) is 3.91. The molecular formula is C10H18N4S. The van der Waals surface area contributed by atoms with E-state index < -0.39 is 0 Å². The van der Waals surface area contributed by atoms with Gasteiger partial charge in [-0.1, -0.05) is 12.1 Å². The average Bonchev–Trinajstić information content (AvgIpc) is 2.99. The van der Waals surface area contributed by atoms with Gasteiger partial charge in [0.25, 0.3) is 0 Å². The van der Waals surface area contributed by atoms with Gasteiger partial charge in [0, 0.05) is 12.5 Å². The van der Waals surface area contributed by atoms with Crippen LogP contribution in [0.3, 0.4) is 0 Å². The lowest BCUT2D eigenvalue weighted by Gasteiger charge is -2.04. The van der Waals surface area contributed by atoms with Crippen LogP contribution in [0, 0.1) is 0 Å². The molecule has 0 saturated heterocycles. The average molecular weight is 226 g/mol. The number of thioether (sulfide) groups is 1. The van der Waals surface area contributed by atoms with Crippen molar-refractivity contribution in [2.45, 2.75) is 38.6 Å². The fraction of sp³-hybridized carbons (Fsp3) is 0.800. The van der Waals surface area contributed by atoms with Crippen LogP contribution in [0.15, 0.2) is 0 Å². The number of nitrogen functional groups attached to an aromatic ring is 1. The quantitative estimate of drug-likeness (QED) is 0.752. The monoisotopic (exact) mass is 226 g/mol. The molecule has 0 bridgehead atoms. The van der Waals surface area contributed by atoms with E-state index >= 15 is 0 Å². The van der Waals surface area contributed by atoms with Crippen molar-refractivity contribution in [2.24, 2.45) is 0 Å². The first-order valence-corrected chi connectivity index (χ1v) is 6.75.